The number of rotatable bonds is 6. The Balaban J connectivity index is 1.56. The number of benzene rings is 2. The van der Waals surface area contributed by atoms with Crippen LogP contribution in [-0.2, 0) is 12.4 Å². The van der Waals surface area contributed by atoms with E-state index in [0.717, 1.165) is 17.1 Å². The molecule has 0 saturated carbocycles. The van der Waals surface area contributed by atoms with E-state index in [-0.39, 0.29) is 6.61 Å². The first kappa shape index (κ1) is 15.6. The summed E-state index contributed by atoms with van der Waals surface area (Å²) in [5.74, 6) is 2.13. The minimum Gasteiger partial charge on any atom is -0.484 e. The van der Waals surface area contributed by atoms with Gasteiger partial charge in [0, 0.05) is 5.75 Å². The second-order valence-electron chi connectivity index (χ2n) is 5.23. The van der Waals surface area contributed by atoms with Crippen LogP contribution in [0.5, 0.6) is 5.75 Å². The maximum atomic E-state index is 5.71. The van der Waals surface area contributed by atoms with Gasteiger partial charge < -0.3 is 9.15 Å². The predicted molar refractivity (Wildman–Crippen MR) is 90.5 cm³/mol. The van der Waals surface area contributed by atoms with Gasteiger partial charge >= 0.3 is 0 Å². The largest absolute Gasteiger partial charge is 0.484 e. The Morgan fingerprint density at radius 3 is 2.48 bits per heavy atom. The molecule has 1 aromatic heterocycles. The number of hydrogen-bond acceptors (Lipinski definition) is 5. The average Bonchev–Trinajstić information content (AvgIpc) is 3.01. The van der Waals surface area contributed by atoms with Crippen molar-refractivity contribution in [1.29, 1.82) is 0 Å². The highest BCUT2D eigenvalue weighted by atomic mass is 32.2. The van der Waals surface area contributed by atoms with Crippen molar-refractivity contribution in [1.82, 2.24) is 10.2 Å². The van der Waals surface area contributed by atoms with Gasteiger partial charge in [0.2, 0.25) is 0 Å². The quantitative estimate of drug-likeness (QED) is 0.622. The highest BCUT2D eigenvalue weighted by Crippen LogP contribution is 2.24. The number of aryl methyl sites for hydroxylation is 2. The van der Waals surface area contributed by atoms with E-state index < -0.39 is 0 Å². The molecule has 3 aromatic rings. The molecule has 0 fully saturated rings. The molecule has 0 atom stereocenters. The van der Waals surface area contributed by atoms with E-state index in [0.29, 0.717) is 11.1 Å². The SMILES string of the molecule is Cc1ccccc1CSc1nnc(COc2ccccc2C)o1. The highest BCUT2D eigenvalue weighted by molar-refractivity contribution is 7.98. The zero-order chi connectivity index (χ0) is 16.1. The number of aromatic nitrogens is 2. The van der Waals surface area contributed by atoms with Crippen molar-refractivity contribution in [3.63, 3.8) is 0 Å². The molecule has 118 valence electrons. The van der Waals surface area contributed by atoms with E-state index in [1.807, 2.05) is 43.3 Å². The van der Waals surface area contributed by atoms with E-state index in [1.54, 1.807) is 0 Å². The normalized spacial score (nSPS) is 10.7. The van der Waals surface area contributed by atoms with Gasteiger partial charge in [0.15, 0.2) is 6.61 Å². The van der Waals surface area contributed by atoms with Crippen molar-refractivity contribution in [3.05, 3.63) is 71.1 Å². The fourth-order valence-electron chi connectivity index (χ4n) is 2.12. The van der Waals surface area contributed by atoms with Crippen LogP contribution >= 0.6 is 11.8 Å². The average molecular weight is 326 g/mol. The van der Waals surface area contributed by atoms with Gasteiger partial charge in [-0.2, -0.15) is 0 Å². The van der Waals surface area contributed by atoms with Crippen molar-refractivity contribution in [2.75, 3.05) is 0 Å². The third-order valence-electron chi connectivity index (χ3n) is 3.51. The number of thioether (sulfide) groups is 1. The lowest BCUT2D eigenvalue weighted by atomic mass is 10.1. The van der Waals surface area contributed by atoms with Gasteiger partial charge in [-0.1, -0.05) is 54.2 Å². The van der Waals surface area contributed by atoms with E-state index in [1.165, 1.54) is 22.9 Å². The molecular weight excluding hydrogens is 308 g/mol. The van der Waals surface area contributed by atoms with Crippen LogP contribution in [0.3, 0.4) is 0 Å². The molecule has 3 rings (SSSR count). The van der Waals surface area contributed by atoms with Crippen molar-refractivity contribution in [2.45, 2.75) is 31.4 Å². The van der Waals surface area contributed by atoms with Crippen LogP contribution in [0.15, 0.2) is 58.2 Å². The van der Waals surface area contributed by atoms with Crippen molar-refractivity contribution >= 4 is 11.8 Å². The van der Waals surface area contributed by atoms with Crippen molar-refractivity contribution in [3.8, 4) is 5.75 Å². The van der Waals surface area contributed by atoms with Gasteiger partial charge in [-0.05, 0) is 36.6 Å². The summed E-state index contributed by atoms with van der Waals surface area (Å²) in [7, 11) is 0. The van der Waals surface area contributed by atoms with Gasteiger partial charge in [-0.25, -0.2) is 0 Å². The molecule has 0 spiro atoms. The Kier molecular flexibility index (Phi) is 4.98. The molecule has 0 aliphatic carbocycles. The van der Waals surface area contributed by atoms with Crippen LogP contribution in [0.4, 0.5) is 0 Å². The van der Waals surface area contributed by atoms with Crippen LogP contribution in [-0.4, -0.2) is 10.2 Å². The number of hydrogen-bond donors (Lipinski definition) is 0. The molecule has 2 aromatic carbocycles. The van der Waals surface area contributed by atoms with Crippen LogP contribution in [0.2, 0.25) is 0 Å². The Morgan fingerprint density at radius 2 is 1.70 bits per heavy atom. The van der Waals surface area contributed by atoms with Gasteiger partial charge in [0.05, 0.1) is 0 Å². The highest BCUT2D eigenvalue weighted by Gasteiger charge is 2.09. The number of para-hydroxylation sites is 1. The van der Waals surface area contributed by atoms with Gasteiger partial charge in [0.25, 0.3) is 11.1 Å². The summed E-state index contributed by atoms with van der Waals surface area (Å²) in [6.07, 6.45) is 0. The number of nitrogens with zero attached hydrogens (tertiary/aromatic N) is 2. The molecule has 0 N–H and O–H groups in total. The molecule has 0 bridgehead atoms. The predicted octanol–water partition coefficient (Wildman–Crippen LogP) is 4.56. The maximum absolute atomic E-state index is 5.71. The third-order valence-corrected chi connectivity index (χ3v) is 4.37. The lowest BCUT2D eigenvalue weighted by Crippen LogP contribution is -1.97. The molecule has 23 heavy (non-hydrogen) atoms. The molecule has 4 nitrogen and oxygen atoms in total. The first-order valence-electron chi connectivity index (χ1n) is 7.40. The standard InChI is InChI=1S/C18H18N2O2S/c1-13-7-3-5-9-15(13)12-23-18-20-19-17(22-18)11-21-16-10-6-4-8-14(16)2/h3-10H,11-12H2,1-2H3. The lowest BCUT2D eigenvalue weighted by Gasteiger charge is -2.05. The lowest BCUT2D eigenvalue weighted by molar-refractivity contribution is 0.251. The van der Waals surface area contributed by atoms with Crippen LogP contribution in [0, 0.1) is 13.8 Å². The first-order valence-corrected chi connectivity index (χ1v) is 8.39. The summed E-state index contributed by atoms with van der Waals surface area (Å²) in [4.78, 5) is 0. The summed E-state index contributed by atoms with van der Waals surface area (Å²) in [5.41, 5.74) is 3.62. The maximum Gasteiger partial charge on any atom is 0.277 e. The minimum absolute atomic E-state index is 0.281. The smallest absolute Gasteiger partial charge is 0.277 e. The van der Waals surface area contributed by atoms with Crippen molar-refractivity contribution in [2.24, 2.45) is 0 Å². The number of ether oxygens (including phenoxy) is 1. The molecule has 0 saturated heterocycles. The summed E-state index contributed by atoms with van der Waals surface area (Å²) in [5, 5.41) is 8.66. The molecule has 5 heteroatoms. The summed E-state index contributed by atoms with van der Waals surface area (Å²) < 4.78 is 11.3. The second-order valence-corrected chi connectivity index (χ2v) is 6.16. The summed E-state index contributed by atoms with van der Waals surface area (Å²) in [6.45, 7) is 4.39. The zero-order valence-electron chi connectivity index (χ0n) is 13.2. The monoisotopic (exact) mass is 326 g/mol. The Hall–Kier alpha value is -2.27. The van der Waals surface area contributed by atoms with Crippen LogP contribution < -0.4 is 4.74 Å². The Bertz CT molecular complexity index is 722. The molecule has 0 aliphatic rings. The third kappa shape index (κ3) is 4.13. The zero-order valence-corrected chi connectivity index (χ0v) is 14.0. The molecule has 0 amide bonds. The molecule has 0 aliphatic heterocycles. The fraction of sp³-hybridized carbons (Fsp3) is 0.222. The summed E-state index contributed by atoms with van der Waals surface area (Å²) in [6, 6.07) is 16.2. The van der Waals surface area contributed by atoms with Crippen LogP contribution in [0.25, 0.3) is 0 Å². The van der Waals surface area contributed by atoms with Crippen LogP contribution in [0.1, 0.15) is 22.6 Å². The first-order chi connectivity index (χ1) is 11.2. The van der Waals surface area contributed by atoms with Gasteiger partial charge in [0.1, 0.15) is 5.75 Å². The van der Waals surface area contributed by atoms with E-state index >= 15 is 0 Å². The van der Waals surface area contributed by atoms with Gasteiger partial charge in [-0.15, -0.1) is 10.2 Å². The van der Waals surface area contributed by atoms with E-state index in [4.69, 9.17) is 9.15 Å². The van der Waals surface area contributed by atoms with Crippen molar-refractivity contribution < 1.29 is 9.15 Å². The Labute approximate surface area is 139 Å². The minimum atomic E-state index is 0.281. The van der Waals surface area contributed by atoms with E-state index in [2.05, 4.69) is 29.3 Å². The van der Waals surface area contributed by atoms with Gasteiger partial charge in [-0.3, -0.25) is 0 Å². The fourth-order valence-corrected chi connectivity index (χ4v) is 2.98. The second kappa shape index (κ2) is 7.33. The molecule has 1 heterocycles. The molecule has 0 unspecified atom stereocenters. The molecular formula is C18H18N2O2S. The topological polar surface area (TPSA) is 48.2 Å². The van der Waals surface area contributed by atoms with E-state index in [9.17, 15) is 0 Å². The Morgan fingerprint density at radius 1 is 0.957 bits per heavy atom. The summed E-state index contributed by atoms with van der Waals surface area (Å²) >= 11 is 1.54. The molecule has 0 radical (unpaired) electrons.